The van der Waals surface area contributed by atoms with E-state index < -0.39 is 0 Å². The molecule has 0 bridgehead atoms. The number of hydrogen-bond donors (Lipinski definition) is 1. The molecule has 0 spiro atoms. The number of anilines is 1. The number of carbonyl (C=O) groups excluding carboxylic acids is 1. The van der Waals surface area contributed by atoms with Gasteiger partial charge in [-0.1, -0.05) is 30.3 Å². The van der Waals surface area contributed by atoms with Gasteiger partial charge < -0.3 is 20.0 Å². The van der Waals surface area contributed by atoms with E-state index in [1.807, 2.05) is 24.2 Å². The number of benzene rings is 1. The average Bonchev–Trinajstić information content (AvgIpc) is 3.14. The lowest BCUT2D eigenvalue weighted by Gasteiger charge is -2.35. The van der Waals surface area contributed by atoms with Crippen LogP contribution in [-0.2, 0) is 18.4 Å². The SMILES string of the molecule is CN=C(NCCCN(C)Cc1ccccc1)N1CCN(c2cnn(C)c2)C(=O)C1.I. The fourth-order valence-electron chi connectivity index (χ4n) is 3.53. The van der Waals surface area contributed by atoms with Crippen LogP contribution < -0.4 is 10.2 Å². The lowest BCUT2D eigenvalue weighted by Crippen LogP contribution is -2.55. The zero-order valence-electron chi connectivity index (χ0n) is 18.0. The van der Waals surface area contributed by atoms with Gasteiger partial charge >= 0.3 is 0 Å². The van der Waals surface area contributed by atoms with Crippen molar-refractivity contribution < 1.29 is 4.79 Å². The van der Waals surface area contributed by atoms with Gasteiger partial charge in [0, 0.05) is 46.5 Å². The van der Waals surface area contributed by atoms with Gasteiger partial charge in [0.25, 0.3) is 0 Å². The highest BCUT2D eigenvalue weighted by Crippen LogP contribution is 2.16. The highest BCUT2D eigenvalue weighted by Gasteiger charge is 2.27. The molecule has 0 atom stereocenters. The highest BCUT2D eigenvalue weighted by atomic mass is 127. The molecule has 9 heteroatoms. The maximum absolute atomic E-state index is 12.6. The normalized spacial score (nSPS) is 14.8. The summed E-state index contributed by atoms with van der Waals surface area (Å²) >= 11 is 0. The standard InChI is InChI=1S/C21H31N7O.HI/c1-22-21(23-10-7-11-25(2)15-18-8-5-4-6-9-18)27-12-13-28(20(29)17-27)19-14-24-26(3)16-19;/h4-6,8-9,14,16H,7,10-13,15,17H2,1-3H3,(H,22,23);1H. The summed E-state index contributed by atoms with van der Waals surface area (Å²) in [6, 6.07) is 10.5. The molecule has 0 aliphatic carbocycles. The topological polar surface area (TPSA) is 69.0 Å². The molecular formula is C21H32IN7O. The number of guanidine groups is 1. The molecule has 0 unspecified atom stereocenters. The molecule has 8 nitrogen and oxygen atoms in total. The fraction of sp³-hybridized carbons (Fsp3) is 0.476. The van der Waals surface area contributed by atoms with E-state index in [0.717, 1.165) is 44.2 Å². The smallest absolute Gasteiger partial charge is 0.246 e. The first-order valence-electron chi connectivity index (χ1n) is 10.0. The van der Waals surface area contributed by atoms with Crippen LogP contribution in [-0.4, -0.2) is 78.3 Å². The van der Waals surface area contributed by atoms with Gasteiger partial charge in [0.15, 0.2) is 5.96 Å². The van der Waals surface area contributed by atoms with Gasteiger partial charge in [-0.2, -0.15) is 5.10 Å². The number of carbonyl (C=O) groups is 1. The van der Waals surface area contributed by atoms with E-state index in [9.17, 15) is 4.79 Å². The molecule has 1 aromatic carbocycles. The van der Waals surface area contributed by atoms with Gasteiger partial charge in [0.1, 0.15) is 6.54 Å². The third kappa shape index (κ3) is 6.69. The Hall–Kier alpha value is -2.14. The molecule has 1 N–H and O–H groups in total. The molecule has 1 aliphatic rings. The number of nitrogens with one attached hydrogen (secondary N) is 1. The molecule has 30 heavy (non-hydrogen) atoms. The summed E-state index contributed by atoms with van der Waals surface area (Å²) in [7, 11) is 5.76. The van der Waals surface area contributed by atoms with Gasteiger partial charge in [0.2, 0.25) is 5.91 Å². The predicted molar refractivity (Wildman–Crippen MR) is 131 cm³/mol. The predicted octanol–water partition coefficient (Wildman–Crippen LogP) is 1.78. The van der Waals surface area contributed by atoms with Crippen molar-refractivity contribution in [3.8, 4) is 0 Å². The molecule has 1 saturated heterocycles. The number of nitrogens with zero attached hydrogens (tertiary/aromatic N) is 6. The fourth-order valence-corrected chi connectivity index (χ4v) is 3.53. The molecule has 0 saturated carbocycles. The second kappa shape index (κ2) is 11.9. The van der Waals surface area contributed by atoms with Crippen LogP contribution >= 0.6 is 24.0 Å². The molecule has 164 valence electrons. The summed E-state index contributed by atoms with van der Waals surface area (Å²) in [6.07, 6.45) is 4.60. The first-order chi connectivity index (χ1) is 14.1. The summed E-state index contributed by atoms with van der Waals surface area (Å²) in [5.41, 5.74) is 2.17. The van der Waals surface area contributed by atoms with Gasteiger partial charge in [-0.05, 0) is 25.6 Å². The van der Waals surface area contributed by atoms with E-state index in [0.29, 0.717) is 13.1 Å². The van der Waals surface area contributed by atoms with Crippen LogP contribution in [0.1, 0.15) is 12.0 Å². The number of rotatable bonds is 7. The Morgan fingerprint density at radius 2 is 2.03 bits per heavy atom. The van der Waals surface area contributed by atoms with Gasteiger partial charge in [-0.25, -0.2) is 0 Å². The van der Waals surface area contributed by atoms with Crippen molar-refractivity contribution in [1.29, 1.82) is 0 Å². The van der Waals surface area contributed by atoms with Gasteiger partial charge in [0.05, 0.1) is 11.9 Å². The first kappa shape index (κ1) is 24.1. The average molecular weight is 525 g/mol. The summed E-state index contributed by atoms with van der Waals surface area (Å²) in [5, 5.41) is 7.56. The zero-order valence-corrected chi connectivity index (χ0v) is 20.3. The van der Waals surface area contributed by atoms with E-state index >= 15 is 0 Å². The molecule has 1 fully saturated rings. The van der Waals surface area contributed by atoms with Crippen molar-refractivity contribution >= 4 is 41.5 Å². The lowest BCUT2D eigenvalue weighted by atomic mass is 10.2. The molecule has 2 heterocycles. The van der Waals surface area contributed by atoms with Crippen LogP contribution in [0, 0.1) is 0 Å². The molecule has 3 rings (SSSR count). The molecule has 0 radical (unpaired) electrons. The zero-order chi connectivity index (χ0) is 20.6. The number of aliphatic imine (C=N–C) groups is 1. The van der Waals surface area contributed by atoms with Crippen LogP contribution in [0.3, 0.4) is 0 Å². The molecule has 1 aliphatic heterocycles. The largest absolute Gasteiger partial charge is 0.356 e. The summed E-state index contributed by atoms with van der Waals surface area (Å²) < 4.78 is 1.71. The highest BCUT2D eigenvalue weighted by molar-refractivity contribution is 14.0. The van der Waals surface area contributed by atoms with Crippen molar-refractivity contribution in [3.05, 3.63) is 48.3 Å². The minimum Gasteiger partial charge on any atom is -0.356 e. The van der Waals surface area contributed by atoms with E-state index in [4.69, 9.17) is 0 Å². The summed E-state index contributed by atoms with van der Waals surface area (Å²) in [5.74, 6) is 0.852. The van der Waals surface area contributed by atoms with Crippen molar-refractivity contribution in [1.82, 2.24) is 24.9 Å². The minimum atomic E-state index is 0. The van der Waals surface area contributed by atoms with E-state index in [1.54, 1.807) is 22.8 Å². The molecule has 2 aromatic rings. The monoisotopic (exact) mass is 525 g/mol. The number of halogens is 1. The third-order valence-corrected chi connectivity index (χ3v) is 5.03. The van der Waals surface area contributed by atoms with Gasteiger partial charge in [-0.15, -0.1) is 24.0 Å². The first-order valence-corrected chi connectivity index (χ1v) is 10.0. The van der Waals surface area contributed by atoms with Crippen molar-refractivity contribution in [2.24, 2.45) is 12.0 Å². The Labute approximate surface area is 195 Å². The van der Waals surface area contributed by atoms with Crippen LogP contribution in [0.2, 0.25) is 0 Å². The van der Waals surface area contributed by atoms with Crippen LogP contribution in [0.25, 0.3) is 0 Å². The van der Waals surface area contributed by atoms with E-state index in [-0.39, 0.29) is 29.9 Å². The van der Waals surface area contributed by atoms with Crippen molar-refractivity contribution in [2.45, 2.75) is 13.0 Å². The number of amides is 1. The van der Waals surface area contributed by atoms with E-state index in [2.05, 4.69) is 51.6 Å². The molecular weight excluding hydrogens is 493 g/mol. The number of hydrogen-bond acceptors (Lipinski definition) is 4. The van der Waals surface area contributed by atoms with Crippen LogP contribution in [0.15, 0.2) is 47.7 Å². The third-order valence-electron chi connectivity index (χ3n) is 5.03. The molecule has 1 aromatic heterocycles. The Morgan fingerprint density at radius 3 is 2.67 bits per heavy atom. The van der Waals surface area contributed by atoms with E-state index in [1.165, 1.54) is 5.56 Å². The van der Waals surface area contributed by atoms with Crippen molar-refractivity contribution in [3.63, 3.8) is 0 Å². The van der Waals surface area contributed by atoms with Crippen molar-refractivity contribution in [2.75, 3.05) is 51.7 Å². The van der Waals surface area contributed by atoms with Crippen LogP contribution in [0.5, 0.6) is 0 Å². The maximum atomic E-state index is 12.6. The Kier molecular flexibility index (Phi) is 9.57. The summed E-state index contributed by atoms with van der Waals surface area (Å²) in [6.45, 7) is 4.46. The summed E-state index contributed by atoms with van der Waals surface area (Å²) in [4.78, 5) is 23.1. The Morgan fingerprint density at radius 1 is 1.27 bits per heavy atom. The molecule has 1 amide bonds. The minimum absolute atomic E-state index is 0. The number of piperazine rings is 1. The number of aryl methyl sites for hydroxylation is 1. The lowest BCUT2D eigenvalue weighted by molar-refractivity contribution is -0.120. The Balaban J connectivity index is 0.00000320. The quantitative estimate of drug-likeness (QED) is 0.259. The van der Waals surface area contributed by atoms with Gasteiger partial charge in [-0.3, -0.25) is 14.5 Å². The second-order valence-electron chi connectivity index (χ2n) is 7.39. The van der Waals surface area contributed by atoms with Crippen LogP contribution in [0.4, 0.5) is 5.69 Å². The maximum Gasteiger partial charge on any atom is 0.246 e. The second-order valence-corrected chi connectivity index (χ2v) is 7.39. The Bertz CT molecular complexity index is 824. The number of aromatic nitrogens is 2.